The summed E-state index contributed by atoms with van der Waals surface area (Å²) in [4.78, 5) is 19.3. The normalized spacial score (nSPS) is 25.9. The fourth-order valence-corrected chi connectivity index (χ4v) is 3.78. The Hall–Kier alpha value is -2.32. The molecule has 0 aromatic carbocycles. The second-order valence-electron chi connectivity index (χ2n) is 6.48. The Bertz CT molecular complexity index is 801. The molecule has 2 fully saturated rings. The molecular formula is C18H20N4O. The van der Waals surface area contributed by atoms with Crippen LogP contribution in [0.25, 0.3) is 5.52 Å². The highest BCUT2D eigenvalue weighted by atomic mass is 16.2. The Morgan fingerprint density at radius 1 is 1.39 bits per heavy atom. The summed E-state index contributed by atoms with van der Waals surface area (Å²) in [6.45, 7) is 5.13. The van der Waals surface area contributed by atoms with Crippen LogP contribution in [0.15, 0.2) is 24.5 Å². The zero-order valence-corrected chi connectivity index (χ0v) is 13.2. The fourth-order valence-electron chi connectivity index (χ4n) is 3.78. The molecular weight excluding hydrogens is 288 g/mol. The van der Waals surface area contributed by atoms with Gasteiger partial charge in [-0.25, -0.2) is 4.98 Å². The molecule has 0 spiro atoms. The molecule has 23 heavy (non-hydrogen) atoms. The van der Waals surface area contributed by atoms with E-state index in [1.54, 1.807) is 19.3 Å². The highest BCUT2D eigenvalue weighted by molar-refractivity contribution is 5.92. The molecule has 2 aromatic rings. The summed E-state index contributed by atoms with van der Waals surface area (Å²) >= 11 is 0. The van der Waals surface area contributed by atoms with E-state index in [4.69, 9.17) is 0 Å². The number of amides is 1. The Morgan fingerprint density at radius 2 is 2.30 bits per heavy atom. The van der Waals surface area contributed by atoms with Crippen molar-refractivity contribution in [2.24, 2.45) is 5.92 Å². The predicted molar refractivity (Wildman–Crippen MR) is 88.2 cm³/mol. The number of fused-ring (bicyclic) bond motifs is 3. The van der Waals surface area contributed by atoms with Crippen LogP contribution in [0, 0.1) is 17.8 Å². The van der Waals surface area contributed by atoms with E-state index in [-0.39, 0.29) is 11.9 Å². The Labute approximate surface area is 135 Å². The van der Waals surface area contributed by atoms with Crippen molar-refractivity contribution in [3.05, 3.63) is 35.9 Å². The highest BCUT2D eigenvalue weighted by Crippen LogP contribution is 2.26. The Morgan fingerprint density at radius 3 is 3.13 bits per heavy atom. The molecule has 1 amide bonds. The number of hydrogen-bond acceptors (Lipinski definition) is 3. The second kappa shape index (κ2) is 5.71. The maximum Gasteiger partial charge on any atom is 0.271 e. The molecule has 118 valence electrons. The van der Waals surface area contributed by atoms with Gasteiger partial charge in [0.15, 0.2) is 0 Å². The van der Waals surface area contributed by atoms with E-state index in [1.807, 2.05) is 16.5 Å². The summed E-state index contributed by atoms with van der Waals surface area (Å²) in [6, 6.07) is 4.14. The van der Waals surface area contributed by atoms with E-state index in [0.717, 1.165) is 30.1 Å². The van der Waals surface area contributed by atoms with Gasteiger partial charge in [0.1, 0.15) is 5.69 Å². The van der Waals surface area contributed by atoms with Crippen molar-refractivity contribution in [2.45, 2.75) is 25.8 Å². The summed E-state index contributed by atoms with van der Waals surface area (Å²) in [5.74, 6) is 6.58. The van der Waals surface area contributed by atoms with E-state index in [9.17, 15) is 4.79 Å². The molecule has 4 rings (SSSR count). The fraction of sp³-hybridized carbons (Fsp3) is 0.444. The average Bonchev–Trinajstić information content (AvgIpc) is 3.10. The van der Waals surface area contributed by atoms with Crippen LogP contribution in [-0.4, -0.2) is 45.9 Å². The van der Waals surface area contributed by atoms with Crippen molar-refractivity contribution < 1.29 is 4.79 Å². The summed E-state index contributed by atoms with van der Waals surface area (Å²) < 4.78 is 1.92. The number of rotatable bonds is 2. The molecule has 5 heteroatoms. The van der Waals surface area contributed by atoms with E-state index in [1.165, 1.54) is 19.5 Å². The molecule has 4 heterocycles. The summed E-state index contributed by atoms with van der Waals surface area (Å²) in [5.41, 5.74) is 2.27. The zero-order chi connectivity index (χ0) is 15.8. The van der Waals surface area contributed by atoms with Gasteiger partial charge >= 0.3 is 0 Å². The number of carbonyl (C=O) groups is 1. The first-order valence-electron chi connectivity index (χ1n) is 8.16. The van der Waals surface area contributed by atoms with Crippen molar-refractivity contribution in [1.82, 2.24) is 19.6 Å². The standard InChI is InChI=1S/C18H20N4O/c1-2-3-15-4-5-16-9-19-17(12-22(15)16)18(23)20-14-8-13-6-7-21(10-13)11-14/h4-5,9,12-14H,6-8,10-11H2,1H3,(H,20,23)/t13-,14+/m0/s1. The highest BCUT2D eigenvalue weighted by Gasteiger charge is 2.33. The van der Waals surface area contributed by atoms with Crippen molar-refractivity contribution >= 4 is 11.4 Å². The van der Waals surface area contributed by atoms with Gasteiger partial charge < -0.3 is 14.6 Å². The van der Waals surface area contributed by atoms with E-state index in [2.05, 4.69) is 27.0 Å². The lowest BCUT2D eigenvalue weighted by atomic mass is 9.97. The summed E-state index contributed by atoms with van der Waals surface area (Å²) in [5, 5.41) is 3.15. The minimum absolute atomic E-state index is 0.0940. The molecule has 2 aromatic heterocycles. The molecule has 1 N–H and O–H groups in total. The van der Waals surface area contributed by atoms with Gasteiger partial charge in [0.05, 0.1) is 17.4 Å². The third kappa shape index (κ3) is 2.71. The van der Waals surface area contributed by atoms with Crippen LogP contribution in [0.1, 0.15) is 35.9 Å². The lowest BCUT2D eigenvalue weighted by Gasteiger charge is -2.30. The summed E-state index contributed by atoms with van der Waals surface area (Å²) in [6.07, 6.45) is 5.85. The van der Waals surface area contributed by atoms with Gasteiger partial charge in [-0.05, 0) is 50.3 Å². The monoisotopic (exact) mass is 308 g/mol. The van der Waals surface area contributed by atoms with Gasteiger partial charge in [-0.1, -0.05) is 5.92 Å². The quantitative estimate of drug-likeness (QED) is 0.856. The molecule has 3 atom stereocenters. The number of nitrogens with zero attached hydrogens (tertiary/aromatic N) is 3. The van der Waals surface area contributed by atoms with Crippen molar-refractivity contribution in [1.29, 1.82) is 0 Å². The Kier molecular flexibility index (Phi) is 3.55. The van der Waals surface area contributed by atoms with E-state index >= 15 is 0 Å². The molecule has 5 nitrogen and oxygen atoms in total. The van der Waals surface area contributed by atoms with Crippen molar-refractivity contribution in [2.75, 3.05) is 19.6 Å². The molecule has 2 aliphatic rings. The van der Waals surface area contributed by atoms with Gasteiger partial charge in [-0.3, -0.25) is 4.79 Å². The van der Waals surface area contributed by atoms with Crippen LogP contribution in [0.2, 0.25) is 0 Å². The molecule has 2 aliphatic heterocycles. The van der Waals surface area contributed by atoms with Gasteiger partial charge in [0.2, 0.25) is 0 Å². The minimum atomic E-state index is -0.0940. The summed E-state index contributed by atoms with van der Waals surface area (Å²) in [7, 11) is 0. The second-order valence-corrected chi connectivity index (χ2v) is 6.48. The van der Waals surface area contributed by atoms with Crippen LogP contribution >= 0.6 is 0 Å². The third-order valence-electron chi connectivity index (χ3n) is 4.82. The van der Waals surface area contributed by atoms with Gasteiger partial charge in [-0.2, -0.15) is 0 Å². The topological polar surface area (TPSA) is 49.6 Å². The van der Waals surface area contributed by atoms with Crippen LogP contribution in [0.3, 0.4) is 0 Å². The first kappa shape index (κ1) is 14.3. The maximum atomic E-state index is 12.5. The third-order valence-corrected chi connectivity index (χ3v) is 4.82. The molecule has 0 aliphatic carbocycles. The SMILES string of the molecule is CC#Cc1ccc2cnc(C(=O)N[C@@H]3C[C@@H]4CCN(C4)C3)cn12. The number of carbonyl (C=O) groups excluding carboxylic acids is 1. The smallest absolute Gasteiger partial charge is 0.271 e. The Balaban J connectivity index is 1.54. The van der Waals surface area contributed by atoms with Gasteiger partial charge in [0.25, 0.3) is 5.91 Å². The van der Waals surface area contributed by atoms with Crippen molar-refractivity contribution in [3.63, 3.8) is 0 Å². The van der Waals surface area contributed by atoms with E-state index < -0.39 is 0 Å². The lowest BCUT2D eigenvalue weighted by molar-refractivity contribution is 0.0904. The first-order chi connectivity index (χ1) is 11.2. The maximum absolute atomic E-state index is 12.5. The van der Waals surface area contributed by atoms with Gasteiger partial charge in [0, 0.05) is 25.3 Å². The van der Waals surface area contributed by atoms with Gasteiger partial charge in [-0.15, -0.1) is 0 Å². The average molecular weight is 308 g/mol. The number of nitrogens with one attached hydrogen (secondary N) is 1. The van der Waals surface area contributed by atoms with Crippen LogP contribution in [0.5, 0.6) is 0 Å². The molecule has 2 bridgehead atoms. The number of piperidine rings is 1. The minimum Gasteiger partial charge on any atom is -0.347 e. The van der Waals surface area contributed by atoms with E-state index in [0.29, 0.717) is 5.69 Å². The largest absolute Gasteiger partial charge is 0.347 e. The zero-order valence-electron chi connectivity index (χ0n) is 13.2. The number of aromatic nitrogens is 2. The lowest BCUT2D eigenvalue weighted by Crippen LogP contribution is -2.47. The molecule has 0 saturated carbocycles. The van der Waals surface area contributed by atoms with Crippen LogP contribution < -0.4 is 5.32 Å². The predicted octanol–water partition coefficient (Wildman–Crippen LogP) is 1.53. The van der Waals surface area contributed by atoms with Crippen molar-refractivity contribution in [3.8, 4) is 11.8 Å². The first-order valence-corrected chi connectivity index (χ1v) is 8.16. The van der Waals surface area contributed by atoms with Crippen LogP contribution in [-0.2, 0) is 0 Å². The molecule has 0 radical (unpaired) electrons. The molecule has 1 unspecified atom stereocenters. The van der Waals surface area contributed by atoms with Crippen LogP contribution in [0.4, 0.5) is 0 Å². The molecule has 2 saturated heterocycles. The number of hydrogen-bond donors (Lipinski definition) is 1.